The summed E-state index contributed by atoms with van der Waals surface area (Å²) >= 11 is 2.64. The number of thioether (sulfide) groups is 1. The maximum atomic E-state index is 12.2. The number of methoxy groups -OCH3 is 1. The maximum Gasteiger partial charge on any atom is 0.257 e. The van der Waals surface area contributed by atoms with Crippen molar-refractivity contribution in [1.29, 1.82) is 0 Å². The van der Waals surface area contributed by atoms with Crippen molar-refractivity contribution >= 4 is 45.2 Å². The number of rotatable bonds is 6. The van der Waals surface area contributed by atoms with E-state index >= 15 is 0 Å². The Morgan fingerprint density at radius 3 is 2.78 bits per heavy atom. The minimum absolute atomic E-state index is 0.155. The Morgan fingerprint density at radius 2 is 2.00 bits per heavy atom. The Kier molecular flexibility index (Phi) is 5.08. The Hall–Kier alpha value is -2.84. The Bertz CT molecular complexity index is 1040. The lowest BCUT2D eigenvalue weighted by Gasteiger charge is -2.01. The summed E-state index contributed by atoms with van der Waals surface area (Å²) in [6, 6.07) is 15.1. The molecule has 2 heterocycles. The highest BCUT2D eigenvalue weighted by atomic mass is 32.2. The number of carbonyl (C=O) groups excluding carboxylic acids is 1. The van der Waals surface area contributed by atoms with Crippen molar-refractivity contribution in [2.24, 2.45) is 0 Å². The molecule has 0 radical (unpaired) electrons. The predicted molar refractivity (Wildman–Crippen MR) is 107 cm³/mol. The molecule has 0 saturated carbocycles. The number of carbonyl (C=O) groups is 1. The highest BCUT2D eigenvalue weighted by molar-refractivity contribution is 7.99. The molecule has 4 rings (SSSR count). The van der Waals surface area contributed by atoms with Gasteiger partial charge in [-0.3, -0.25) is 4.79 Å². The monoisotopic (exact) mass is 397 g/mol. The van der Waals surface area contributed by atoms with Gasteiger partial charge in [-0.15, -0.1) is 11.3 Å². The molecule has 6 nitrogen and oxygen atoms in total. The van der Waals surface area contributed by atoms with Gasteiger partial charge in [0.25, 0.3) is 5.22 Å². The van der Waals surface area contributed by atoms with Crippen molar-refractivity contribution in [1.82, 2.24) is 9.97 Å². The summed E-state index contributed by atoms with van der Waals surface area (Å²) in [6.45, 7) is 0. The molecular weight excluding hydrogens is 382 g/mol. The number of nitrogens with zero attached hydrogens (tertiary/aromatic N) is 2. The second kappa shape index (κ2) is 7.81. The number of para-hydroxylation sites is 2. The van der Waals surface area contributed by atoms with E-state index in [1.807, 2.05) is 53.9 Å². The van der Waals surface area contributed by atoms with Gasteiger partial charge in [-0.2, -0.15) is 0 Å². The maximum absolute atomic E-state index is 12.2. The number of oxazole rings is 1. The normalized spacial score (nSPS) is 10.9. The van der Waals surface area contributed by atoms with Crippen molar-refractivity contribution in [3.05, 3.63) is 53.9 Å². The summed E-state index contributed by atoms with van der Waals surface area (Å²) in [4.78, 5) is 21.0. The third-order valence-electron chi connectivity index (χ3n) is 3.74. The summed E-state index contributed by atoms with van der Waals surface area (Å²) in [6.07, 6.45) is 0. The second-order valence-corrected chi connectivity index (χ2v) is 7.34. The molecule has 27 heavy (non-hydrogen) atoms. The van der Waals surface area contributed by atoms with Crippen molar-refractivity contribution < 1.29 is 13.9 Å². The van der Waals surface area contributed by atoms with Crippen LogP contribution in [-0.4, -0.2) is 28.7 Å². The molecule has 1 amide bonds. The molecule has 4 aromatic rings. The zero-order valence-electron chi connectivity index (χ0n) is 14.3. The van der Waals surface area contributed by atoms with Gasteiger partial charge in [0.15, 0.2) is 10.7 Å². The molecular formula is C19H15N3O3S2. The fourth-order valence-corrected chi connectivity index (χ4v) is 3.80. The first-order valence-corrected chi connectivity index (χ1v) is 9.96. The second-order valence-electron chi connectivity index (χ2n) is 5.55. The fourth-order valence-electron chi connectivity index (χ4n) is 2.42. The van der Waals surface area contributed by atoms with Crippen LogP contribution < -0.4 is 10.1 Å². The molecule has 0 atom stereocenters. The van der Waals surface area contributed by atoms with Crippen LogP contribution in [0, 0.1) is 0 Å². The number of hydrogen-bond donors (Lipinski definition) is 1. The molecule has 2 aromatic carbocycles. The lowest BCUT2D eigenvalue weighted by Crippen LogP contribution is -2.13. The number of nitrogens with one attached hydrogen (secondary N) is 1. The van der Waals surface area contributed by atoms with Gasteiger partial charge in [0.2, 0.25) is 5.91 Å². The van der Waals surface area contributed by atoms with Crippen LogP contribution in [0.15, 0.2) is 63.6 Å². The summed E-state index contributed by atoms with van der Waals surface area (Å²) in [5.41, 5.74) is 3.27. The van der Waals surface area contributed by atoms with Gasteiger partial charge >= 0.3 is 0 Å². The number of fused-ring (bicyclic) bond motifs is 1. The number of benzene rings is 2. The van der Waals surface area contributed by atoms with Crippen LogP contribution in [0.2, 0.25) is 0 Å². The largest absolute Gasteiger partial charge is 0.497 e. The Morgan fingerprint density at radius 1 is 1.19 bits per heavy atom. The lowest BCUT2D eigenvalue weighted by atomic mass is 10.2. The lowest BCUT2D eigenvalue weighted by molar-refractivity contribution is -0.113. The third-order valence-corrected chi connectivity index (χ3v) is 5.32. The van der Waals surface area contributed by atoms with E-state index in [2.05, 4.69) is 15.3 Å². The van der Waals surface area contributed by atoms with Crippen molar-refractivity contribution in [3.63, 3.8) is 0 Å². The molecule has 0 aliphatic rings. The van der Waals surface area contributed by atoms with Gasteiger partial charge in [-0.05, 0) is 36.4 Å². The molecule has 0 spiro atoms. The van der Waals surface area contributed by atoms with E-state index in [-0.39, 0.29) is 11.7 Å². The summed E-state index contributed by atoms with van der Waals surface area (Å²) in [5.74, 6) is 0.834. The minimum atomic E-state index is -0.155. The van der Waals surface area contributed by atoms with E-state index in [0.717, 1.165) is 22.5 Å². The van der Waals surface area contributed by atoms with Crippen LogP contribution in [0.4, 0.5) is 5.13 Å². The standard InChI is InChI=1S/C19H15N3O3S2/c1-24-13-8-6-12(7-9-13)15-10-26-18(20-15)22-17(23)11-27-19-21-14-4-2-3-5-16(14)25-19/h2-10H,11H2,1H3,(H,20,22,23). The van der Waals surface area contributed by atoms with Gasteiger partial charge < -0.3 is 14.5 Å². The highest BCUT2D eigenvalue weighted by Crippen LogP contribution is 2.27. The molecule has 136 valence electrons. The molecule has 0 aliphatic heterocycles. The van der Waals surface area contributed by atoms with E-state index in [1.165, 1.54) is 23.1 Å². The Balaban J connectivity index is 1.36. The minimum Gasteiger partial charge on any atom is -0.497 e. The number of amides is 1. The number of anilines is 1. The van der Waals surface area contributed by atoms with E-state index in [4.69, 9.17) is 9.15 Å². The number of aromatic nitrogens is 2. The first kappa shape index (κ1) is 17.6. The van der Waals surface area contributed by atoms with E-state index < -0.39 is 0 Å². The van der Waals surface area contributed by atoms with Crippen LogP contribution in [-0.2, 0) is 4.79 Å². The van der Waals surface area contributed by atoms with Crippen molar-refractivity contribution in [2.75, 3.05) is 18.2 Å². The quantitative estimate of drug-likeness (QED) is 0.476. The summed E-state index contributed by atoms with van der Waals surface area (Å²) in [5, 5.41) is 5.76. The third kappa shape index (κ3) is 4.12. The van der Waals surface area contributed by atoms with Gasteiger partial charge in [0.1, 0.15) is 11.3 Å². The fraction of sp³-hybridized carbons (Fsp3) is 0.105. The Labute approximate surface area is 163 Å². The molecule has 0 bridgehead atoms. The van der Waals surface area contributed by atoms with E-state index in [9.17, 15) is 4.79 Å². The van der Waals surface area contributed by atoms with E-state index in [1.54, 1.807) is 7.11 Å². The predicted octanol–water partition coefficient (Wildman–Crippen LogP) is 4.69. The van der Waals surface area contributed by atoms with Gasteiger partial charge in [0.05, 0.1) is 18.6 Å². The van der Waals surface area contributed by atoms with Crippen LogP contribution in [0.3, 0.4) is 0 Å². The number of ether oxygens (including phenoxy) is 1. The SMILES string of the molecule is COc1ccc(-c2csc(NC(=O)CSc3nc4ccccc4o3)n2)cc1. The zero-order chi connectivity index (χ0) is 18.6. The summed E-state index contributed by atoms with van der Waals surface area (Å²) in [7, 11) is 1.63. The molecule has 0 unspecified atom stereocenters. The van der Waals surface area contributed by atoms with Crippen molar-refractivity contribution in [3.8, 4) is 17.0 Å². The topological polar surface area (TPSA) is 77.2 Å². The smallest absolute Gasteiger partial charge is 0.257 e. The first-order chi connectivity index (χ1) is 13.2. The molecule has 0 fully saturated rings. The molecule has 8 heteroatoms. The molecule has 2 aromatic heterocycles. The van der Waals surface area contributed by atoms with Crippen LogP contribution in [0.1, 0.15) is 0 Å². The average Bonchev–Trinajstić information content (AvgIpc) is 3.33. The number of thiazole rings is 1. The molecule has 0 aliphatic carbocycles. The van der Waals surface area contributed by atoms with E-state index in [0.29, 0.717) is 15.9 Å². The first-order valence-electron chi connectivity index (χ1n) is 8.09. The highest BCUT2D eigenvalue weighted by Gasteiger charge is 2.11. The van der Waals surface area contributed by atoms with Gasteiger partial charge in [-0.1, -0.05) is 23.9 Å². The average molecular weight is 397 g/mol. The van der Waals surface area contributed by atoms with Crippen molar-refractivity contribution in [2.45, 2.75) is 5.22 Å². The molecule has 1 N–H and O–H groups in total. The summed E-state index contributed by atoms with van der Waals surface area (Å²) < 4.78 is 10.8. The van der Waals surface area contributed by atoms with Gasteiger partial charge in [0, 0.05) is 10.9 Å². The van der Waals surface area contributed by atoms with Gasteiger partial charge in [-0.25, -0.2) is 9.97 Å². The van der Waals surface area contributed by atoms with Crippen LogP contribution in [0.5, 0.6) is 5.75 Å². The van der Waals surface area contributed by atoms with Crippen LogP contribution >= 0.6 is 23.1 Å². The molecule has 0 saturated heterocycles. The zero-order valence-corrected chi connectivity index (χ0v) is 16.0. The number of hydrogen-bond acceptors (Lipinski definition) is 7. The van der Waals surface area contributed by atoms with Crippen LogP contribution in [0.25, 0.3) is 22.4 Å².